The van der Waals surface area contributed by atoms with Gasteiger partial charge in [0, 0.05) is 44.2 Å². The van der Waals surface area contributed by atoms with Crippen molar-refractivity contribution in [2.24, 2.45) is 17.6 Å². The van der Waals surface area contributed by atoms with Gasteiger partial charge in [0.15, 0.2) is 17.4 Å². The highest BCUT2D eigenvalue weighted by Gasteiger charge is 2.35. The van der Waals surface area contributed by atoms with Crippen LogP contribution in [0, 0.1) is 29.3 Å². The Morgan fingerprint density at radius 3 is 2.37 bits per heavy atom. The molecule has 0 bridgehead atoms. The Balaban J connectivity index is 1.23. The molecule has 2 aromatic rings. The van der Waals surface area contributed by atoms with Crippen LogP contribution in [-0.4, -0.2) is 65.9 Å². The van der Waals surface area contributed by atoms with Crippen molar-refractivity contribution in [2.75, 3.05) is 37.7 Å². The van der Waals surface area contributed by atoms with Crippen LogP contribution >= 0.6 is 0 Å². The number of nitrogens with two attached hydrogens (primary N) is 1. The predicted molar refractivity (Wildman–Crippen MR) is 136 cm³/mol. The zero-order valence-corrected chi connectivity index (χ0v) is 22.1. The van der Waals surface area contributed by atoms with Crippen LogP contribution in [0.25, 0.3) is 0 Å². The van der Waals surface area contributed by atoms with Crippen LogP contribution in [0.4, 0.5) is 23.9 Å². The van der Waals surface area contributed by atoms with E-state index in [9.17, 15) is 18.0 Å². The van der Waals surface area contributed by atoms with Gasteiger partial charge in [0.25, 0.3) is 0 Å². The summed E-state index contributed by atoms with van der Waals surface area (Å²) >= 11 is 0. The van der Waals surface area contributed by atoms with E-state index in [4.69, 9.17) is 15.2 Å². The van der Waals surface area contributed by atoms with Gasteiger partial charge in [0.2, 0.25) is 5.95 Å². The first-order valence-electron chi connectivity index (χ1n) is 13.2. The van der Waals surface area contributed by atoms with Gasteiger partial charge in [-0.1, -0.05) is 6.92 Å². The number of hydrogen-bond donors (Lipinski definition) is 1. The van der Waals surface area contributed by atoms with E-state index in [0.717, 1.165) is 25.3 Å². The fourth-order valence-corrected chi connectivity index (χ4v) is 5.22. The number of ether oxygens (including phenoxy) is 2. The van der Waals surface area contributed by atoms with Gasteiger partial charge in [-0.25, -0.2) is 27.9 Å². The Morgan fingerprint density at radius 2 is 1.71 bits per heavy atom. The van der Waals surface area contributed by atoms with Crippen LogP contribution < -0.4 is 15.4 Å². The second kappa shape index (κ2) is 12.2. The van der Waals surface area contributed by atoms with Crippen molar-refractivity contribution >= 4 is 12.0 Å². The standard InChI is InChI=1S/C27H36F3N5O3/c1-16(2)38-27(36)34-7-4-18(5-8-34)17(3)6-9-37-19-12-32-26(33-13-19)35-14-21(25(31)15-35)20-10-23(29)24(30)11-22(20)28/h10-13,16-18,21,25H,4-9,14-15,31H2,1-3H3/t17-,21-,25+/m1/s1. The molecule has 1 amide bonds. The molecule has 1 aromatic heterocycles. The van der Waals surface area contributed by atoms with E-state index in [1.807, 2.05) is 13.8 Å². The molecule has 2 fully saturated rings. The minimum absolute atomic E-state index is 0.0501. The van der Waals surface area contributed by atoms with E-state index in [1.165, 1.54) is 0 Å². The Kier molecular flexibility index (Phi) is 8.96. The molecular formula is C27H36F3N5O3. The summed E-state index contributed by atoms with van der Waals surface area (Å²) in [6.45, 7) is 8.49. The minimum Gasteiger partial charge on any atom is -0.490 e. The fourth-order valence-electron chi connectivity index (χ4n) is 5.22. The first-order valence-corrected chi connectivity index (χ1v) is 13.2. The number of amides is 1. The van der Waals surface area contributed by atoms with Crippen molar-refractivity contribution in [1.29, 1.82) is 0 Å². The molecule has 208 valence electrons. The summed E-state index contributed by atoms with van der Waals surface area (Å²) in [7, 11) is 0. The van der Waals surface area contributed by atoms with Gasteiger partial charge in [0.1, 0.15) is 5.82 Å². The molecule has 11 heteroatoms. The third-order valence-corrected chi connectivity index (χ3v) is 7.48. The monoisotopic (exact) mass is 535 g/mol. The number of hydrogen-bond acceptors (Lipinski definition) is 7. The van der Waals surface area contributed by atoms with Crippen molar-refractivity contribution < 1.29 is 27.4 Å². The maximum Gasteiger partial charge on any atom is 0.410 e. The van der Waals surface area contributed by atoms with Gasteiger partial charge in [-0.2, -0.15) is 0 Å². The van der Waals surface area contributed by atoms with E-state index in [2.05, 4.69) is 16.9 Å². The number of halogens is 3. The van der Waals surface area contributed by atoms with Gasteiger partial charge in [-0.15, -0.1) is 0 Å². The van der Waals surface area contributed by atoms with E-state index in [1.54, 1.807) is 22.2 Å². The Hall–Kier alpha value is -3.08. The summed E-state index contributed by atoms with van der Waals surface area (Å²) in [5.41, 5.74) is 6.24. The lowest BCUT2D eigenvalue weighted by Crippen LogP contribution is -2.41. The van der Waals surface area contributed by atoms with Crippen LogP contribution in [0.1, 0.15) is 51.5 Å². The zero-order valence-electron chi connectivity index (χ0n) is 22.1. The molecule has 2 aliphatic rings. The van der Waals surface area contributed by atoms with Gasteiger partial charge >= 0.3 is 6.09 Å². The number of rotatable bonds is 8. The zero-order chi connectivity index (χ0) is 27.4. The van der Waals surface area contributed by atoms with Crippen LogP contribution in [0.15, 0.2) is 24.5 Å². The summed E-state index contributed by atoms with van der Waals surface area (Å²) in [4.78, 5) is 24.4. The lowest BCUT2D eigenvalue weighted by molar-refractivity contribution is 0.0596. The summed E-state index contributed by atoms with van der Waals surface area (Å²) in [6, 6.07) is 0.945. The van der Waals surface area contributed by atoms with Gasteiger partial charge < -0.3 is 25.0 Å². The Bertz CT molecular complexity index is 1100. The molecule has 1 aromatic carbocycles. The van der Waals surface area contributed by atoms with Crippen molar-refractivity contribution in [3.8, 4) is 5.75 Å². The first kappa shape index (κ1) is 27.9. The van der Waals surface area contributed by atoms with E-state index in [0.29, 0.717) is 55.8 Å². The largest absolute Gasteiger partial charge is 0.490 e. The van der Waals surface area contributed by atoms with Gasteiger partial charge in [0.05, 0.1) is 25.1 Å². The molecule has 38 heavy (non-hydrogen) atoms. The summed E-state index contributed by atoms with van der Waals surface area (Å²) in [5, 5.41) is 0. The maximum absolute atomic E-state index is 14.3. The van der Waals surface area contributed by atoms with Crippen LogP contribution in [-0.2, 0) is 4.74 Å². The molecular weight excluding hydrogens is 499 g/mol. The highest BCUT2D eigenvalue weighted by Crippen LogP contribution is 2.32. The number of carbonyl (C=O) groups excluding carboxylic acids is 1. The first-order chi connectivity index (χ1) is 18.1. The number of anilines is 1. The summed E-state index contributed by atoms with van der Waals surface area (Å²) in [5.74, 6) is -1.74. The molecule has 4 rings (SSSR count). The molecule has 0 radical (unpaired) electrons. The third kappa shape index (κ3) is 6.67. The van der Waals surface area contributed by atoms with E-state index < -0.39 is 29.4 Å². The SMILES string of the molecule is CC(C)OC(=O)N1CCC([C@H](C)CCOc2cnc(N3C[C@H](c4cc(F)c(F)cc4F)[C@@H](N)C3)nc2)CC1. The average molecular weight is 536 g/mol. The normalized spacial score (nSPS) is 21.2. The smallest absolute Gasteiger partial charge is 0.410 e. The minimum atomic E-state index is -1.22. The topological polar surface area (TPSA) is 93.8 Å². The molecule has 0 aliphatic carbocycles. The lowest BCUT2D eigenvalue weighted by Gasteiger charge is -2.34. The van der Waals surface area contributed by atoms with Gasteiger partial charge in [-0.3, -0.25) is 0 Å². The van der Waals surface area contributed by atoms with Crippen LogP contribution in [0.5, 0.6) is 5.75 Å². The number of aromatic nitrogens is 2. The quantitative estimate of drug-likeness (QED) is 0.498. The number of nitrogens with zero attached hydrogens (tertiary/aromatic N) is 4. The molecule has 2 saturated heterocycles. The van der Waals surface area contributed by atoms with Crippen LogP contribution in [0.3, 0.4) is 0 Å². The molecule has 0 unspecified atom stereocenters. The molecule has 3 heterocycles. The Morgan fingerprint density at radius 1 is 1.05 bits per heavy atom. The average Bonchev–Trinajstić information content (AvgIpc) is 3.27. The second-order valence-corrected chi connectivity index (χ2v) is 10.6. The summed E-state index contributed by atoms with van der Waals surface area (Å²) in [6.07, 6.45) is 5.58. The van der Waals surface area contributed by atoms with Gasteiger partial charge in [-0.05, 0) is 56.6 Å². The molecule has 2 N–H and O–H groups in total. The molecule has 0 saturated carbocycles. The molecule has 0 spiro atoms. The number of benzene rings is 1. The van der Waals surface area contributed by atoms with Crippen LogP contribution in [0.2, 0.25) is 0 Å². The molecule has 3 atom stereocenters. The van der Waals surface area contributed by atoms with Crippen molar-refractivity contribution in [3.63, 3.8) is 0 Å². The maximum atomic E-state index is 14.3. The second-order valence-electron chi connectivity index (χ2n) is 10.6. The summed E-state index contributed by atoms with van der Waals surface area (Å²) < 4.78 is 52.4. The Labute approximate surface area is 221 Å². The fraction of sp³-hybridized carbons (Fsp3) is 0.593. The van der Waals surface area contributed by atoms with E-state index >= 15 is 0 Å². The predicted octanol–water partition coefficient (Wildman–Crippen LogP) is 4.49. The number of carbonyl (C=O) groups is 1. The lowest BCUT2D eigenvalue weighted by atomic mass is 9.84. The third-order valence-electron chi connectivity index (χ3n) is 7.48. The number of piperidine rings is 1. The van der Waals surface area contributed by atoms with Crippen molar-refractivity contribution in [2.45, 2.75) is 58.1 Å². The van der Waals surface area contributed by atoms with E-state index in [-0.39, 0.29) is 24.3 Å². The number of likely N-dealkylation sites (tertiary alicyclic amines) is 1. The molecule has 2 aliphatic heterocycles. The highest BCUT2D eigenvalue weighted by atomic mass is 19.2. The highest BCUT2D eigenvalue weighted by molar-refractivity contribution is 5.67. The van der Waals surface area contributed by atoms with Crippen molar-refractivity contribution in [1.82, 2.24) is 14.9 Å². The van der Waals surface area contributed by atoms with Crippen molar-refractivity contribution in [3.05, 3.63) is 47.5 Å². The molecule has 8 nitrogen and oxygen atoms in total.